The molecule has 0 aromatic heterocycles. The van der Waals surface area contributed by atoms with Crippen molar-refractivity contribution < 1.29 is 4.74 Å². The largest absolute Gasteiger partial charge is 0.379 e. The summed E-state index contributed by atoms with van der Waals surface area (Å²) in [4.78, 5) is 9.32. The average molecular weight is 469 g/mol. The van der Waals surface area contributed by atoms with E-state index in [0.29, 0.717) is 11.5 Å². The van der Waals surface area contributed by atoms with Crippen LogP contribution < -0.4 is 5.32 Å². The van der Waals surface area contributed by atoms with Gasteiger partial charge in [0.25, 0.3) is 0 Å². The Kier molecular flexibility index (Phi) is 8.62. The Morgan fingerprint density at radius 2 is 2.00 bits per heavy atom. The van der Waals surface area contributed by atoms with Gasteiger partial charge in [-0.05, 0) is 30.0 Å². The summed E-state index contributed by atoms with van der Waals surface area (Å²) in [7, 11) is 1.84. The molecule has 7 heteroatoms. The van der Waals surface area contributed by atoms with E-state index in [-0.39, 0.29) is 24.0 Å². The Labute approximate surface area is 173 Å². The van der Waals surface area contributed by atoms with E-state index in [1.54, 1.807) is 0 Å². The number of hydrogen-bond donors (Lipinski definition) is 1. The molecule has 0 radical (unpaired) electrons. The van der Waals surface area contributed by atoms with Crippen molar-refractivity contribution in [2.75, 3.05) is 53.0 Å². The third kappa shape index (κ3) is 5.83. The third-order valence-corrected chi connectivity index (χ3v) is 4.95. The van der Waals surface area contributed by atoms with Crippen LogP contribution >= 0.6 is 24.0 Å². The summed E-state index contributed by atoms with van der Waals surface area (Å²) in [5, 5.41) is 12.3. The molecular weight excluding hydrogens is 441 g/mol. The summed E-state index contributed by atoms with van der Waals surface area (Å²) in [5.41, 5.74) is 1.85. The second kappa shape index (κ2) is 10.7. The molecule has 1 aromatic carbocycles. The zero-order valence-electron chi connectivity index (χ0n) is 15.4. The minimum Gasteiger partial charge on any atom is -0.379 e. The molecule has 26 heavy (non-hydrogen) atoms. The predicted molar refractivity (Wildman–Crippen MR) is 114 cm³/mol. The highest BCUT2D eigenvalue weighted by atomic mass is 127. The van der Waals surface area contributed by atoms with Gasteiger partial charge in [-0.15, -0.1) is 24.0 Å². The number of nitrogens with zero attached hydrogens (tertiary/aromatic N) is 4. The Balaban J connectivity index is 0.00000243. The molecular formula is C19H28IN5O. The molecule has 0 bridgehead atoms. The topological polar surface area (TPSA) is 63.9 Å². The highest BCUT2D eigenvalue weighted by molar-refractivity contribution is 14.0. The number of aliphatic imine (C=N–C) groups is 1. The van der Waals surface area contributed by atoms with E-state index < -0.39 is 0 Å². The maximum absolute atomic E-state index is 8.87. The Morgan fingerprint density at radius 3 is 2.65 bits per heavy atom. The van der Waals surface area contributed by atoms with Crippen molar-refractivity contribution >= 4 is 29.9 Å². The predicted octanol–water partition coefficient (Wildman–Crippen LogP) is 1.91. The molecule has 1 aromatic rings. The van der Waals surface area contributed by atoms with E-state index in [1.165, 1.54) is 6.42 Å². The van der Waals surface area contributed by atoms with Gasteiger partial charge in [0.15, 0.2) is 5.96 Å². The summed E-state index contributed by atoms with van der Waals surface area (Å²) in [5.74, 6) is 1.67. The van der Waals surface area contributed by atoms with Crippen LogP contribution in [-0.4, -0.2) is 68.7 Å². The molecule has 2 heterocycles. The summed E-state index contributed by atoms with van der Waals surface area (Å²) in [6.07, 6.45) is 1.22. The summed E-state index contributed by atoms with van der Waals surface area (Å²) in [6.45, 7) is 7.85. The molecule has 0 aliphatic carbocycles. The number of benzene rings is 1. The molecule has 2 saturated heterocycles. The number of nitriles is 1. The fourth-order valence-electron chi connectivity index (χ4n) is 3.53. The molecule has 3 rings (SSSR count). The van der Waals surface area contributed by atoms with Gasteiger partial charge in [0.2, 0.25) is 0 Å². The first-order chi connectivity index (χ1) is 12.3. The number of guanidine groups is 1. The molecule has 142 valence electrons. The SMILES string of the molecule is CN=C(NCc1ccc(C#N)cc1)N1CCC(CN2CCOCC2)C1.I. The summed E-state index contributed by atoms with van der Waals surface area (Å²) >= 11 is 0. The first-order valence-corrected chi connectivity index (χ1v) is 9.03. The van der Waals surface area contributed by atoms with Crippen LogP contribution in [0.15, 0.2) is 29.3 Å². The van der Waals surface area contributed by atoms with Gasteiger partial charge in [-0.2, -0.15) is 5.26 Å². The molecule has 1 N–H and O–H groups in total. The lowest BCUT2D eigenvalue weighted by atomic mass is 10.1. The minimum atomic E-state index is 0. The van der Waals surface area contributed by atoms with Crippen LogP contribution in [-0.2, 0) is 11.3 Å². The van der Waals surface area contributed by atoms with Crippen molar-refractivity contribution in [1.82, 2.24) is 15.1 Å². The zero-order valence-corrected chi connectivity index (χ0v) is 17.7. The molecule has 2 aliphatic rings. The van der Waals surface area contributed by atoms with Crippen LogP contribution in [0.2, 0.25) is 0 Å². The van der Waals surface area contributed by atoms with Crippen molar-refractivity contribution in [3.63, 3.8) is 0 Å². The number of hydrogen-bond acceptors (Lipinski definition) is 4. The lowest BCUT2D eigenvalue weighted by Crippen LogP contribution is -2.42. The van der Waals surface area contributed by atoms with Gasteiger partial charge >= 0.3 is 0 Å². The number of rotatable bonds is 4. The quantitative estimate of drug-likeness (QED) is 0.415. The van der Waals surface area contributed by atoms with Crippen molar-refractivity contribution in [3.8, 4) is 6.07 Å². The van der Waals surface area contributed by atoms with Gasteiger partial charge in [-0.1, -0.05) is 12.1 Å². The molecule has 0 spiro atoms. The average Bonchev–Trinajstić information content (AvgIpc) is 3.12. The summed E-state index contributed by atoms with van der Waals surface area (Å²) in [6, 6.07) is 9.84. The minimum absolute atomic E-state index is 0. The van der Waals surface area contributed by atoms with Crippen LogP contribution in [0.5, 0.6) is 0 Å². The maximum atomic E-state index is 8.87. The Bertz CT molecular complexity index is 622. The van der Waals surface area contributed by atoms with E-state index >= 15 is 0 Å². The van der Waals surface area contributed by atoms with E-state index in [2.05, 4.69) is 26.2 Å². The lowest BCUT2D eigenvalue weighted by Gasteiger charge is -2.29. The molecule has 6 nitrogen and oxygen atoms in total. The Morgan fingerprint density at radius 1 is 1.27 bits per heavy atom. The van der Waals surface area contributed by atoms with Crippen LogP contribution in [0.25, 0.3) is 0 Å². The highest BCUT2D eigenvalue weighted by Crippen LogP contribution is 2.18. The normalized spacial score (nSPS) is 21.2. The summed E-state index contributed by atoms with van der Waals surface area (Å²) < 4.78 is 5.43. The molecule has 1 unspecified atom stereocenters. The Hall–Kier alpha value is -1.37. The third-order valence-electron chi connectivity index (χ3n) is 4.95. The standard InChI is InChI=1S/C19H27N5O.HI/c1-21-19(22-13-17-4-2-16(12-20)3-5-17)24-7-6-18(15-24)14-23-8-10-25-11-9-23;/h2-5,18H,6-11,13-15H2,1H3,(H,21,22);1H. The van der Waals surface area contributed by atoms with E-state index in [4.69, 9.17) is 10.00 Å². The van der Waals surface area contributed by atoms with Crippen molar-refractivity contribution in [2.24, 2.45) is 10.9 Å². The molecule has 2 fully saturated rings. The number of halogens is 1. The van der Waals surface area contributed by atoms with Gasteiger partial charge in [0, 0.05) is 46.3 Å². The molecule has 0 amide bonds. The fraction of sp³-hybridized carbons (Fsp3) is 0.579. The van der Waals surface area contributed by atoms with Gasteiger partial charge < -0.3 is 15.0 Å². The first kappa shape index (κ1) is 20.9. The molecule has 1 atom stereocenters. The monoisotopic (exact) mass is 469 g/mol. The van der Waals surface area contributed by atoms with E-state index in [0.717, 1.165) is 64.0 Å². The maximum Gasteiger partial charge on any atom is 0.193 e. The second-order valence-corrected chi connectivity index (χ2v) is 6.72. The van der Waals surface area contributed by atoms with Gasteiger partial charge in [0.05, 0.1) is 24.8 Å². The van der Waals surface area contributed by atoms with Crippen molar-refractivity contribution in [2.45, 2.75) is 13.0 Å². The lowest BCUT2D eigenvalue weighted by molar-refractivity contribution is 0.0315. The molecule has 2 aliphatic heterocycles. The van der Waals surface area contributed by atoms with E-state index in [9.17, 15) is 0 Å². The van der Waals surface area contributed by atoms with Gasteiger partial charge in [-0.25, -0.2) is 0 Å². The number of ether oxygens (including phenoxy) is 1. The van der Waals surface area contributed by atoms with Crippen LogP contribution in [0.4, 0.5) is 0 Å². The zero-order chi connectivity index (χ0) is 17.5. The molecule has 0 saturated carbocycles. The van der Waals surface area contributed by atoms with Crippen LogP contribution in [0.3, 0.4) is 0 Å². The van der Waals surface area contributed by atoms with Crippen molar-refractivity contribution in [1.29, 1.82) is 5.26 Å². The van der Waals surface area contributed by atoms with Crippen LogP contribution in [0.1, 0.15) is 17.5 Å². The van der Waals surface area contributed by atoms with Crippen LogP contribution in [0, 0.1) is 17.2 Å². The van der Waals surface area contributed by atoms with Gasteiger partial charge in [-0.3, -0.25) is 9.89 Å². The smallest absolute Gasteiger partial charge is 0.193 e. The highest BCUT2D eigenvalue weighted by Gasteiger charge is 2.26. The number of nitrogens with one attached hydrogen (secondary N) is 1. The van der Waals surface area contributed by atoms with Crippen molar-refractivity contribution in [3.05, 3.63) is 35.4 Å². The van der Waals surface area contributed by atoms with Gasteiger partial charge in [0.1, 0.15) is 0 Å². The fourth-order valence-corrected chi connectivity index (χ4v) is 3.53. The number of likely N-dealkylation sites (tertiary alicyclic amines) is 1. The number of morpholine rings is 1. The first-order valence-electron chi connectivity index (χ1n) is 9.03. The second-order valence-electron chi connectivity index (χ2n) is 6.72. The van der Waals surface area contributed by atoms with E-state index in [1.807, 2.05) is 31.3 Å².